The summed E-state index contributed by atoms with van der Waals surface area (Å²) in [6.07, 6.45) is 6.18. The van der Waals surface area contributed by atoms with E-state index in [2.05, 4.69) is 89.5 Å². The fraction of sp³-hybridized carbons (Fsp3) is 0.333. The molecule has 0 spiro atoms. The summed E-state index contributed by atoms with van der Waals surface area (Å²) in [7, 11) is 0. The van der Waals surface area contributed by atoms with Gasteiger partial charge < -0.3 is 0 Å². The first-order chi connectivity index (χ1) is 14.0. The second-order valence-electron chi connectivity index (χ2n) is 8.51. The van der Waals surface area contributed by atoms with Gasteiger partial charge in [0.25, 0.3) is 0 Å². The van der Waals surface area contributed by atoms with Crippen LogP contribution in [0.4, 0.5) is 0 Å². The predicted molar refractivity (Wildman–Crippen MR) is 124 cm³/mol. The Morgan fingerprint density at radius 1 is 0.828 bits per heavy atom. The van der Waals surface area contributed by atoms with Gasteiger partial charge in [-0.15, -0.1) is 0 Å². The summed E-state index contributed by atoms with van der Waals surface area (Å²) >= 11 is 0. The lowest BCUT2D eigenvalue weighted by Gasteiger charge is -2.18. The van der Waals surface area contributed by atoms with Crippen LogP contribution in [0, 0.1) is 6.92 Å². The minimum atomic E-state index is 0.413. The molecule has 2 heterocycles. The number of para-hydroxylation sites is 1. The third-order valence-corrected chi connectivity index (χ3v) is 6.21. The molecule has 0 radical (unpaired) electrons. The van der Waals surface area contributed by atoms with E-state index in [0.717, 1.165) is 23.9 Å². The lowest BCUT2D eigenvalue weighted by molar-refractivity contribution is 0.751. The molecule has 0 aliphatic heterocycles. The van der Waals surface area contributed by atoms with Crippen molar-refractivity contribution >= 4 is 21.8 Å². The Labute approximate surface area is 174 Å². The Morgan fingerprint density at radius 3 is 2.24 bits per heavy atom. The molecule has 1 unspecified atom stereocenters. The largest absolute Gasteiger partial charge is 0.256 e. The van der Waals surface area contributed by atoms with Gasteiger partial charge in [0.05, 0.1) is 11.0 Å². The van der Waals surface area contributed by atoms with E-state index in [4.69, 9.17) is 9.97 Å². The average molecular weight is 383 g/mol. The molecule has 4 rings (SSSR count). The van der Waals surface area contributed by atoms with E-state index >= 15 is 0 Å². The summed E-state index contributed by atoms with van der Waals surface area (Å²) in [6, 6.07) is 15.2. The number of pyridine rings is 2. The topological polar surface area (TPSA) is 25.8 Å². The number of hydrogen-bond acceptors (Lipinski definition) is 2. The van der Waals surface area contributed by atoms with E-state index in [1.807, 2.05) is 0 Å². The minimum Gasteiger partial charge on any atom is -0.256 e. The normalized spacial score (nSPS) is 12.8. The minimum absolute atomic E-state index is 0.413. The molecule has 0 fully saturated rings. The van der Waals surface area contributed by atoms with Gasteiger partial charge in [0.15, 0.2) is 0 Å². The Bertz CT molecular complexity index is 1170. The monoisotopic (exact) mass is 382 g/mol. The first-order valence-corrected chi connectivity index (χ1v) is 10.7. The zero-order valence-corrected chi connectivity index (χ0v) is 18.2. The number of aromatic nitrogens is 2. The maximum atomic E-state index is 4.73. The van der Waals surface area contributed by atoms with Crippen molar-refractivity contribution in [2.75, 3.05) is 0 Å². The summed E-state index contributed by atoms with van der Waals surface area (Å²) in [4.78, 5) is 9.43. The molecule has 4 aromatic rings. The van der Waals surface area contributed by atoms with Crippen molar-refractivity contribution in [1.29, 1.82) is 0 Å². The van der Waals surface area contributed by atoms with Crippen molar-refractivity contribution in [2.45, 2.75) is 59.3 Å². The van der Waals surface area contributed by atoms with Gasteiger partial charge in [0.1, 0.15) is 0 Å². The van der Waals surface area contributed by atoms with Gasteiger partial charge in [0.2, 0.25) is 0 Å². The second kappa shape index (κ2) is 7.94. The van der Waals surface area contributed by atoms with Crippen LogP contribution in [0.15, 0.2) is 54.9 Å². The van der Waals surface area contributed by atoms with Crippen molar-refractivity contribution in [3.8, 4) is 0 Å². The number of nitrogens with zero attached hydrogens (tertiary/aromatic N) is 2. The maximum Gasteiger partial charge on any atom is 0.0705 e. The highest BCUT2D eigenvalue weighted by Gasteiger charge is 2.15. The van der Waals surface area contributed by atoms with E-state index in [9.17, 15) is 0 Å². The molecule has 2 heteroatoms. The Morgan fingerprint density at radius 2 is 1.52 bits per heavy atom. The number of hydrogen-bond donors (Lipinski definition) is 0. The molecule has 0 saturated heterocycles. The van der Waals surface area contributed by atoms with Gasteiger partial charge in [-0.1, -0.05) is 52.0 Å². The molecular formula is C27H30N2. The summed E-state index contributed by atoms with van der Waals surface area (Å²) in [5, 5.41) is 2.58. The maximum absolute atomic E-state index is 4.73. The van der Waals surface area contributed by atoms with E-state index in [1.54, 1.807) is 0 Å². The molecule has 0 N–H and O–H groups in total. The Kier molecular flexibility index (Phi) is 5.36. The molecule has 1 atom stereocenters. The predicted octanol–water partition coefficient (Wildman–Crippen LogP) is 7.12. The smallest absolute Gasteiger partial charge is 0.0705 e. The molecule has 29 heavy (non-hydrogen) atoms. The van der Waals surface area contributed by atoms with Gasteiger partial charge >= 0.3 is 0 Å². The molecule has 2 aromatic carbocycles. The standard InChI is InChI=1S/C27H30N2/c1-6-21-23-14-20(11-12-27(23)28-15-24(21)17(2)3)13-18(4)25-16-29-26-10-8-7-9-22(26)19(25)5/h7-12,14-18H,6,13H2,1-5H3. The SMILES string of the molecule is CCc1c(C(C)C)cnc2ccc(CC(C)c3cnc4ccccc4c3C)cc12. The molecule has 0 saturated carbocycles. The van der Waals surface area contributed by atoms with Crippen LogP contribution in [0.3, 0.4) is 0 Å². The van der Waals surface area contributed by atoms with Crippen LogP contribution in [0.25, 0.3) is 21.8 Å². The van der Waals surface area contributed by atoms with E-state index in [-0.39, 0.29) is 0 Å². The number of benzene rings is 2. The fourth-order valence-corrected chi connectivity index (χ4v) is 4.58. The molecule has 148 valence electrons. The van der Waals surface area contributed by atoms with Crippen LogP contribution in [0.1, 0.15) is 67.3 Å². The van der Waals surface area contributed by atoms with E-state index in [0.29, 0.717) is 11.8 Å². The highest BCUT2D eigenvalue weighted by Crippen LogP contribution is 2.31. The molecular weight excluding hydrogens is 352 g/mol. The van der Waals surface area contributed by atoms with Crippen molar-refractivity contribution in [1.82, 2.24) is 9.97 Å². The lowest BCUT2D eigenvalue weighted by Crippen LogP contribution is -2.03. The van der Waals surface area contributed by atoms with E-state index in [1.165, 1.54) is 38.6 Å². The highest BCUT2D eigenvalue weighted by atomic mass is 14.7. The van der Waals surface area contributed by atoms with Crippen molar-refractivity contribution in [3.63, 3.8) is 0 Å². The van der Waals surface area contributed by atoms with Crippen molar-refractivity contribution in [3.05, 3.63) is 82.7 Å². The summed E-state index contributed by atoms with van der Waals surface area (Å²) in [5.74, 6) is 0.909. The van der Waals surface area contributed by atoms with Gasteiger partial charge in [-0.2, -0.15) is 0 Å². The van der Waals surface area contributed by atoms with Crippen LogP contribution in [-0.2, 0) is 12.8 Å². The molecule has 0 amide bonds. The van der Waals surface area contributed by atoms with Crippen LogP contribution in [-0.4, -0.2) is 9.97 Å². The third kappa shape index (κ3) is 3.64. The fourth-order valence-electron chi connectivity index (χ4n) is 4.58. The number of fused-ring (bicyclic) bond motifs is 2. The van der Waals surface area contributed by atoms with Gasteiger partial charge in [-0.05, 0) is 77.6 Å². The molecule has 0 aliphatic rings. The number of rotatable bonds is 5. The average Bonchev–Trinajstić information content (AvgIpc) is 2.73. The van der Waals surface area contributed by atoms with Gasteiger partial charge in [0, 0.05) is 23.2 Å². The van der Waals surface area contributed by atoms with Crippen molar-refractivity contribution in [2.24, 2.45) is 0 Å². The zero-order chi connectivity index (χ0) is 20.5. The van der Waals surface area contributed by atoms with Crippen LogP contribution in [0.5, 0.6) is 0 Å². The summed E-state index contributed by atoms with van der Waals surface area (Å²) in [5.41, 5.74) is 9.06. The Hall–Kier alpha value is -2.74. The molecule has 0 aliphatic carbocycles. The van der Waals surface area contributed by atoms with Crippen LogP contribution < -0.4 is 0 Å². The van der Waals surface area contributed by atoms with Crippen LogP contribution >= 0.6 is 0 Å². The summed E-state index contributed by atoms with van der Waals surface area (Å²) in [6.45, 7) is 11.3. The lowest BCUT2D eigenvalue weighted by atomic mass is 9.88. The first kappa shape index (κ1) is 19.6. The Balaban J connectivity index is 1.71. The zero-order valence-electron chi connectivity index (χ0n) is 18.2. The van der Waals surface area contributed by atoms with Crippen LogP contribution in [0.2, 0.25) is 0 Å². The molecule has 2 nitrogen and oxygen atoms in total. The summed E-state index contributed by atoms with van der Waals surface area (Å²) < 4.78 is 0. The van der Waals surface area contributed by atoms with Gasteiger partial charge in [-0.3, -0.25) is 9.97 Å². The molecule has 2 aromatic heterocycles. The third-order valence-electron chi connectivity index (χ3n) is 6.21. The van der Waals surface area contributed by atoms with Crippen molar-refractivity contribution < 1.29 is 0 Å². The number of aryl methyl sites for hydroxylation is 2. The highest BCUT2D eigenvalue weighted by molar-refractivity contribution is 5.84. The quantitative estimate of drug-likeness (QED) is 0.367. The van der Waals surface area contributed by atoms with Gasteiger partial charge in [-0.25, -0.2) is 0 Å². The second-order valence-corrected chi connectivity index (χ2v) is 8.51. The first-order valence-electron chi connectivity index (χ1n) is 10.7. The van der Waals surface area contributed by atoms with E-state index < -0.39 is 0 Å². The molecule has 0 bridgehead atoms.